The molecule has 0 bridgehead atoms. The van der Waals surface area contributed by atoms with Crippen LogP contribution < -0.4 is 0 Å². The molecule has 0 fully saturated rings. The topological polar surface area (TPSA) is 76.2 Å². The van der Waals surface area contributed by atoms with E-state index in [0.717, 1.165) is 11.4 Å². The number of aliphatic hydroxyl groups excluding tert-OH is 1. The molecule has 1 aliphatic heterocycles. The van der Waals surface area contributed by atoms with Crippen molar-refractivity contribution in [2.75, 3.05) is 18.6 Å². The molecule has 3 rings (SSSR count). The van der Waals surface area contributed by atoms with Gasteiger partial charge in [0.1, 0.15) is 5.82 Å². The maximum atomic E-state index is 12.2. The largest absolute Gasteiger partial charge is 0.379 e. The lowest BCUT2D eigenvalue weighted by molar-refractivity contribution is -0.132. The van der Waals surface area contributed by atoms with Gasteiger partial charge in [0.15, 0.2) is 6.10 Å². The number of thioether (sulfide) groups is 1. The standard InChI is InChI=1S/C15H21N5O2S/c1-18-5-4-16-15(18)14(22)12-9-11-10-19(6-7-20(11)17-12)13(21)3-8-23-2/h4-5,9,14,22H,3,6-8,10H2,1-2H3. The van der Waals surface area contributed by atoms with Gasteiger partial charge in [-0.1, -0.05) is 0 Å². The molecule has 2 aromatic rings. The fraction of sp³-hybridized carbons (Fsp3) is 0.533. The second-order valence-electron chi connectivity index (χ2n) is 5.64. The van der Waals surface area contributed by atoms with Crippen molar-refractivity contribution < 1.29 is 9.90 Å². The number of carbonyl (C=O) groups excluding carboxylic acids is 1. The molecule has 3 heterocycles. The minimum atomic E-state index is -0.853. The van der Waals surface area contributed by atoms with Crippen LogP contribution in [-0.2, 0) is 24.9 Å². The van der Waals surface area contributed by atoms with Gasteiger partial charge in [0, 0.05) is 38.2 Å². The summed E-state index contributed by atoms with van der Waals surface area (Å²) in [5.74, 6) is 1.59. The van der Waals surface area contributed by atoms with E-state index in [1.165, 1.54) is 0 Å². The van der Waals surface area contributed by atoms with Crippen LogP contribution in [0.4, 0.5) is 0 Å². The molecular weight excluding hydrogens is 314 g/mol. The molecule has 0 spiro atoms. The van der Waals surface area contributed by atoms with E-state index in [2.05, 4.69) is 10.1 Å². The maximum absolute atomic E-state index is 12.2. The summed E-state index contributed by atoms with van der Waals surface area (Å²) in [4.78, 5) is 18.2. The van der Waals surface area contributed by atoms with E-state index < -0.39 is 6.10 Å². The second-order valence-corrected chi connectivity index (χ2v) is 6.63. The number of rotatable bonds is 5. The van der Waals surface area contributed by atoms with E-state index >= 15 is 0 Å². The van der Waals surface area contributed by atoms with E-state index in [9.17, 15) is 9.90 Å². The van der Waals surface area contributed by atoms with Crippen LogP contribution in [0.5, 0.6) is 0 Å². The average Bonchev–Trinajstić information content (AvgIpc) is 3.17. The molecule has 0 radical (unpaired) electrons. The van der Waals surface area contributed by atoms with Crippen molar-refractivity contribution in [1.29, 1.82) is 0 Å². The lowest BCUT2D eigenvalue weighted by Crippen LogP contribution is -2.38. The van der Waals surface area contributed by atoms with E-state index in [1.807, 2.05) is 29.0 Å². The van der Waals surface area contributed by atoms with Crippen LogP contribution >= 0.6 is 11.8 Å². The highest BCUT2D eigenvalue weighted by Crippen LogP contribution is 2.22. The second kappa shape index (κ2) is 6.76. The molecule has 0 saturated heterocycles. The van der Waals surface area contributed by atoms with Gasteiger partial charge >= 0.3 is 0 Å². The van der Waals surface area contributed by atoms with Gasteiger partial charge in [0.25, 0.3) is 0 Å². The fourth-order valence-electron chi connectivity index (χ4n) is 2.76. The van der Waals surface area contributed by atoms with Crippen molar-refractivity contribution >= 4 is 17.7 Å². The first kappa shape index (κ1) is 16.1. The summed E-state index contributed by atoms with van der Waals surface area (Å²) in [5.41, 5.74) is 1.53. The summed E-state index contributed by atoms with van der Waals surface area (Å²) in [6, 6.07) is 1.87. The predicted molar refractivity (Wildman–Crippen MR) is 87.9 cm³/mol. The van der Waals surface area contributed by atoms with Crippen molar-refractivity contribution in [2.45, 2.75) is 25.6 Å². The van der Waals surface area contributed by atoms with Gasteiger partial charge in [0.05, 0.1) is 24.5 Å². The van der Waals surface area contributed by atoms with Gasteiger partial charge in [-0.25, -0.2) is 4.98 Å². The molecule has 1 N–H and O–H groups in total. The summed E-state index contributed by atoms with van der Waals surface area (Å²) < 4.78 is 3.65. The van der Waals surface area contributed by atoms with E-state index in [4.69, 9.17) is 0 Å². The lowest BCUT2D eigenvalue weighted by atomic mass is 10.2. The van der Waals surface area contributed by atoms with Crippen LogP contribution in [0.15, 0.2) is 18.5 Å². The van der Waals surface area contributed by atoms with Gasteiger partial charge in [0.2, 0.25) is 5.91 Å². The Morgan fingerprint density at radius 2 is 2.30 bits per heavy atom. The van der Waals surface area contributed by atoms with Crippen LogP contribution in [0.25, 0.3) is 0 Å². The quantitative estimate of drug-likeness (QED) is 0.874. The third-order valence-corrected chi connectivity index (χ3v) is 4.69. The van der Waals surface area contributed by atoms with Crippen molar-refractivity contribution in [1.82, 2.24) is 24.2 Å². The summed E-state index contributed by atoms with van der Waals surface area (Å²) in [7, 11) is 1.84. The van der Waals surface area contributed by atoms with Gasteiger partial charge in [-0.15, -0.1) is 0 Å². The highest BCUT2D eigenvalue weighted by molar-refractivity contribution is 7.98. The third kappa shape index (κ3) is 3.28. The predicted octanol–water partition coefficient (Wildman–Crippen LogP) is 0.794. The average molecular weight is 335 g/mol. The Kier molecular flexibility index (Phi) is 4.72. The molecule has 7 nitrogen and oxygen atoms in total. The number of nitrogens with zero attached hydrogens (tertiary/aromatic N) is 5. The van der Waals surface area contributed by atoms with Gasteiger partial charge < -0.3 is 14.6 Å². The summed E-state index contributed by atoms with van der Waals surface area (Å²) >= 11 is 1.68. The lowest BCUT2D eigenvalue weighted by Gasteiger charge is -2.27. The first-order chi connectivity index (χ1) is 11.1. The van der Waals surface area contributed by atoms with Crippen molar-refractivity contribution in [2.24, 2.45) is 7.05 Å². The highest BCUT2D eigenvalue weighted by atomic mass is 32.2. The van der Waals surface area contributed by atoms with Crippen LogP contribution in [0.3, 0.4) is 0 Å². The Hall–Kier alpha value is -1.80. The first-order valence-corrected chi connectivity index (χ1v) is 8.98. The monoisotopic (exact) mass is 335 g/mol. The zero-order valence-corrected chi connectivity index (χ0v) is 14.2. The van der Waals surface area contributed by atoms with Crippen molar-refractivity contribution in [3.8, 4) is 0 Å². The molecule has 0 saturated carbocycles. The number of carbonyl (C=O) groups is 1. The molecule has 1 amide bonds. The molecule has 23 heavy (non-hydrogen) atoms. The molecular formula is C15H21N5O2S. The Morgan fingerprint density at radius 1 is 1.48 bits per heavy atom. The third-order valence-electron chi connectivity index (χ3n) is 4.07. The molecule has 0 aromatic carbocycles. The van der Waals surface area contributed by atoms with E-state index in [-0.39, 0.29) is 5.91 Å². The van der Waals surface area contributed by atoms with Crippen LogP contribution in [0, 0.1) is 0 Å². The highest BCUT2D eigenvalue weighted by Gasteiger charge is 2.25. The molecule has 1 unspecified atom stereocenters. The Bertz CT molecular complexity index is 696. The number of fused-ring (bicyclic) bond motifs is 1. The number of hydrogen-bond acceptors (Lipinski definition) is 5. The van der Waals surface area contributed by atoms with E-state index in [0.29, 0.717) is 37.6 Å². The minimum Gasteiger partial charge on any atom is -0.379 e. The Labute approximate surface area is 139 Å². The summed E-state index contributed by atoms with van der Waals surface area (Å²) in [6.45, 7) is 1.88. The fourth-order valence-corrected chi connectivity index (χ4v) is 3.13. The van der Waals surface area contributed by atoms with Gasteiger partial charge in [-0.2, -0.15) is 16.9 Å². The number of aromatic nitrogens is 4. The van der Waals surface area contributed by atoms with Crippen LogP contribution in [0.1, 0.15) is 29.7 Å². The van der Waals surface area contributed by atoms with Crippen molar-refractivity contribution in [3.63, 3.8) is 0 Å². The van der Waals surface area contributed by atoms with Crippen LogP contribution in [0.2, 0.25) is 0 Å². The number of amides is 1. The van der Waals surface area contributed by atoms with Crippen LogP contribution in [-0.4, -0.2) is 53.8 Å². The molecule has 1 aliphatic rings. The van der Waals surface area contributed by atoms with Gasteiger partial charge in [-0.05, 0) is 12.3 Å². The first-order valence-electron chi connectivity index (χ1n) is 7.58. The Balaban J connectivity index is 1.74. The summed E-state index contributed by atoms with van der Waals surface area (Å²) in [6.07, 6.45) is 5.16. The molecule has 124 valence electrons. The minimum absolute atomic E-state index is 0.179. The SMILES string of the molecule is CSCCC(=O)N1CCn2nc(C(O)c3nccn3C)cc2C1. The molecule has 2 aromatic heterocycles. The number of aliphatic hydroxyl groups is 1. The molecule has 0 aliphatic carbocycles. The normalized spacial score (nSPS) is 15.5. The zero-order valence-electron chi connectivity index (χ0n) is 13.3. The maximum Gasteiger partial charge on any atom is 0.223 e. The Morgan fingerprint density at radius 3 is 3.00 bits per heavy atom. The van der Waals surface area contributed by atoms with Gasteiger partial charge in [-0.3, -0.25) is 9.48 Å². The van der Waals surface area contributed by atoms with E-state index in [1.54, 1.807) is 28.7 Å². The summed E-state index contributed by atoms with van der Waals surface area (Å²) in [5, 5.41) is 14.9. The molecule has 1 atom stereocenters. The number of hydrogen-bond donors (Lipinski definition) is 1. The number of imidazole rings is 1. The smallest absolute Gasteiger partial charge is 0.223 e. The molecule has 8 heteroatoms. The zero-order chi connectivity index (χ0) is 16.4. The number of aryl methyl sites for hydroxylation is 1. The van der Waals surface area contributed by atoms with Crippen molar-refractivity contribution in [3.05, 3.63) is 35.7 Å².